The number of amides is 1. The average Bonchev–Trinajstić information content (AvgIpc) is 3.40. The Balaban J connectivity index is 1.50. The molecule has 0 radical (unpaired) electrons. The Hall–Kier alpha value is -3.26. The molecule has 4 aromatic rings. The molecule has 1 N–H and O–H groups in total. The van der Waals surface area contributed by atoms with E-state index in [-0.39, 0.29) is 30.0 Å². The summed E-state index contributed by atoms with van der Waals surface area (Å²) in [5, 5.41) is 9.55. The van der Waals surface area contributed by atoms with Crippen LogP contribution in [-0.4, -0.2) is 31.3 Å². The maximum absolute atomic E-state index is 12.7. The first-order valence-electron chi connectivity index (χ1n) is 9.82. The van der Waals surface area contributed by atoms with Crippen molar-refractivity contribution >= 4 is 28.3 Å². The van der Waals surface area contributed by atoms with Crippen molar-refractivity contribution in [3.8, 4) is 10.6 Å². The van der Waals surface area contributed by atoms with Crippen LogP contribution in [0.15, 0.2) is 65.0 Å². The van der Waals surface area contributed by atoms with E-state index in [2.05, 4.69) is 15.4 Å². The van der Waals surface area contributed by atoms with Gasteiger partial charge in [0.25, 0.3) is 5.56 Å². The SMILES string of the molecule is CC(C)[C@H](Cn1nc(-c2cccs2)ccc1=O)NC(=O)Cn1cnc2ccccc21. The predicted molar refractivity (Wildman–Crippen MR) is 118 cm³/mol. The van der Waals surface area contributed by atoms with Gasteiger partial charge in [0, 0.05) is 6.07 Å². The van der Waals surface area contributed by atoms with Crippen molar-refractivity contribution in [2.24, 2.45) is 5.92 Å². The van der Waals surface area contributed by atoms with Crippen molar-refractivity contribution in [3.63, 3.8) is 0 Å². The summed E-state index contributed by atoms with van der Waals surface area (Å²) in [6, 6.07) is 14.7. The van der Waals surface area contributed by atoms with Crippen LogP contribution in [0.1, 0.15) is 13.8 Å². The van der Waals surface area contributed by atoms with Gasteiger partial charge in [-0.3, -0.25) is 9.59 Å². The Morgan fingerprint density at radius 3 is 2.73 bits per heavy atom. The van der Waals surface area contributed by atoms with E-state index in [9.17, 15) is 9.59 Å². The molecule has 8 heteroatoms. The van der Waals surface area contributed by atoms with Crippen LogP contribution >= 0.6 is 11.3 Å². The van der Waals surface area contributed by atoms with E-state index in [1.807, 2.05) is 60.2 Å². The summed E-state index contributed by atoms with van der Waals surface area (Å²) >= 11 is 1.57. The summed E-state index contributed by atoms with van der Waals surface area (Å²) in [6.45, 7) is 4.52. The van der Waals surface area contributed by atoms with Gasteiger partial charge in [-0.2, -0.15) is 5.10 Å². The monoisotopic (exact) mass is 421 g/mol. The van der Waals surface area contributed by atoms with Gasteiger partial charge in [0.1, 0.15) is 12.2 Å². The number of rotatable bonds is 7. The number of nitrogens with one attached hydrogen (secondary N) is 1. The van der Waals surface area contributed by atoms with Crippen LogP contribution in [0, 0.1) is 5.92 Å². The Labute approximate surface area is 178 Å². The molecule has 3 heterocycles. The lowest BCUT2D eigenvalue weighted by Gasteiger charge is -2.23. The summed E-state index contributed by atoms with van der Waals surface area (Å²) in [5.74, 6) is 0.00638. The third kappa shape index (κ3) is 4.33. The number of hydrogen-bond acceptors (Lipinski definition) is 5. The van der Waals surface area contributed by atoms with E-state index < -0.39 is 0 Å². The van der Waals surface area contributed by atoms with Crippen molar-refractivity contribution < 1.29 is 4.79 Å². The summed E-state index contributed by atoms with van der Waals surface area (Å²) in [7, 11) is 0. The van der Waals surface area contributed by atoms with Crippen LogP contribution < -0.4 is 10.9 Å². The van der Waals surface area contributed by atoms with Crippen molar-refractivity contribution in [2.45, 2.75) is 33.0 Å². The first-order valence-corrected chi connectivity index (χ1v) is 10.7. The number of imidazole rings is 1. The van der Waals surface area contributed by atoms with Gasteiger partial charge in [0.15, 0.2) is 0 Å². The first kappa shape index (κ1) is 20.0. The minimum absolute atomic E-state index is 0.126. The molecule has 1 aromatic carbocycles. The van der Waals surface area contributed by atoms with Gasteiger partial charge in [-0.25, -0.2) is 9.67 Å². The molecule has 0 spiro atoms. The minimum Gasteiger partial charge on any atom is -0.350 e. The standard InChI is InChI=1S/C22H23N5O2S/c1-15(2)18(12-27-22(29)10-9-17(25-27)20-8-5-11-30-20)24-21(28)13-26-14-23-16-6-3-4-7-19(16)26/h3-11,14-15,18H,12-13H2,1-2H3,(H,24,28)/t18-/m0/s1. The largest absolute Gasteiger partial charge is 0.350 e. The molecule has 0 saturated heterocycles. The summed E-state index contributed by atoms with van der Waals surface area (Å²) in [5.41, 5.74) is 2.33. The number of thiophene rings is 1. The third-order valence-electron chi connectivity index (χ3n) is 5.00. The molecule has 3 aromatic heterocycles. The molecule has 4 rings (SSSR count). The molecule has 0 aliphatic heterocycles. The van der Waals surface area contributed by atoms with E-state index in [1.54, 1.807) is 23.7 Å². The molecule has 0 unspecified atom stereocenters. The number of carbonyl (C=O) groups is 1. The number of carbonyl (C=O) groups excluding carboxylic acids is 1. The highest BCUT2D eigenvalue weighted by molar-refractivity contribution is 7.13. The molecule has 0 aliphatic carbocycles. The van der Waals surface area contributed by atoms with Gasteiger partial charge in [-0.1, -0.05) is 32.0 Å². The molecular formula is C22H23N5O2S. The van der Waals surface area contributed by atoms with Gasteiger partial charge in [0.2, 0.25) is 5.91 Å². The van der Waals surface area contributed by atoms with E-state index in [4.69, 9.17) is 0 Å². The molecule has 0 bridgehead atoms. The molecule has 154 valence electrons. The molecule has 1 amide bonds. The Morgan fingerprint density at radius 1 is 1.13 bits per heavy atom. The zero-order valence-electron chi connectivity index (χ0n) is 16.9. The van der Waals surface area contributed by atoms with Crippen LogP contribution in [-0.2, 0) is 17.9 Å². The molecular weight excluding hydrogens is 398 g/mol. The molecule has 0 saturated carbocycles. The lowest BCUT2D eigenvalue weighted by atomic mass is 10.0. The normalized spacial score (nSPS) is 12.4. The highest BCUT2D eigenvalue weighted by Gasteiger charge is 2.19. The van der Waals surface area contributed by atoms with E-state index >= 15 is 0 Å². The van der Waals surface area contributed by atoms with E-state index in [1.165, 1.54) is 10.7 Å². The Morgan fingerprint density at radius 2 is 1.97 bits per heavy atom. The number of nitrogens with zero attached hydrogens (tertiary/aromatic N) is 4. The number of benzene rings is 1. The highest BCUT2D eigenvalue weighted by atomic mass is 32.1. The van der Waals surface area contributed by atoms with Crippen molar-refractivity contribution in [2.75, 3.05) is 0 Å². The predicted octanol–water partition coefficient (Wildman–Crippen LogP) is 3.16. The fraction of sp³-hybridized carbons (Fsp3) is 0.273. The number of hydrogen-bond donors (Lipinski definition) is 1. The molecule has 30 heavy (non-hydrogen) atoms. The smallest absolute Gasteiger partial charge is 0.266 e. The van der Waals surface area contributed by atoms with Crippen LogP contribution in [0.4, 0.5) is 0 Å². The Bertz CT molecular complexity index is 1210. The van der Waals surface area contributed by atoms with Gasteiger partial charge in [-0.15, -0.1) is 11.3 Å². The van der Waals surface area contributed by atoms with Gasteiger partial charge >= 0.3 is 0 Å². The summed E-state index contributed by atoms with van der Waals surface area (Å²) in [6.07, 6.45) is 1.67. The van der Waals surface area contributed by atoms with Crippen molar-refractivity contribution in [1.29, 1.82) is 0 Å². The summed E-state index contributed by atoms with van der Waals surface area (Å²) in [4.78, 5) is 30.4. The van der Waals surface area contributed by atoms with Crippen LogP contribution in [0.3, 0.4) is 0 Å². The second kappa shape index (κ2) is 8.62. The van der Waals surface area contributed by atoms with Crippen LogP contribution in [0.5, 0.6) is 0 Å². The fourth-order valence-corrected chi connectivity index (χ4v) is 3.98. The van der Waals surface area contributed by atoms with E-state index in [0.717, 1.165) is 21.6 Å². The fourth-order valence-electron chi connectivity index (χ4n) is 3.29. The van der Waals surface area contributed by atoms with Crippen LogP contribution in [0.2, 0.25) is 0 Å². The molecule has 0 aliphatic rings. The number of aromatic nitrogens is 4. The highest BCUT2D eigenvalue weighted by Crippen LogP contribution is 2.21. The minimum atomic E-state index is -0.226. The number of fused-ring (bicyclic) bond motifs is 1. The summed E-state index contributed by atoms with van der Waals surface area (Å²) < 4.78 is 3.26. The molecule has 0 fully saturated rings. The first-order chi connectivity index (χ1) is 14.5. The maximum atomic E-state index is 12.7. The molecule has 7 nitrogen and oxygen atoms in total. The van der Waals surface area contributed by atoms with Crippen molar-refractivity contribution in [3.05, 3.63) is 70.6 Å². The maximum Gasteiger partial charge on any atom is 0.266 e. The lowest BCUT2D eigenvalue weighted by molar-refractivity contribution is -0.122. The van der Waals surface area contributed by atoms with Gasteiger partial charge in [0.05, 0.1) is 34.8 Å². The zero-order chi connectivity index (χ0) is 21.1. The van der Waals surface area contributed by atoms with Crippen LogP contribution in [0.25, 0.3) is 21.6 Å². The van der Waals surface area contributed by atoms with Gasteiger partial charge in [-0.05, 0) is 35.6 Å². The second-order valence-corrected chi connectivity index (χ2v) is 8.44. The Kier molecular flexibility index (Phi) is 5.76. The molecule has 1 atom stereocenters. The van der Waals surface area contributed by atoms with Gasteiger partial charge < -0.3 is 9.88 Å². The van der Waals surface area contributed by atoms with E-state index in [0.29, 0.717) is 6.54 Å². The number of para-hydroxylation sites is 2. The quantitative estimate of drug-likeness (QED) is 0.497. The topological polar surface area (TPSA) is 81.8 Å². The van der Waals surface area contributed by atoms with Crippen molar-refractivity contribution in [1.82, 2.24) is 24.6 Å². The second-order valence-electron chi connectivity index (χ2n) is 7.50. The third-order valence-corrected chi connectivity index (χ3v) is 5.89. The zero-order valence-corrected chi connectivity index (χ0v) is 17.7. The lowest BCUT2D eigenvalue weighted by Crippen LogP contribution is -2.45. The average molecular weight is 422 g/mol.